The number of likely N-dealkylation sites (tertiary alicyclic amines) is 1. The first kappa shape index (κ1) is 13.8. The Balaban J connectivity index is 1.86. The fourth-order valence-corrected chi connectivity index (χ4v) is 3.08. The fourth-order valence-electron chi connectivity index (χ4n) is 3.08. The van der Waals surface area contributed by atoms with Crippen molar-refractivity contribution in [1.29, 1.82) is 0 Å². The van der Waals surface area contributed by atoms with Crippen LogP contribution in [0, 0.1) is 0 Å². The van der Waals surface area contributed by atoms with Gasteiger partial charge in [-0.2, -0.15) is 0 Å². The molecule has 0 saturated carbocycles. The van der Waals surface area contributed by atoms with Crippen LogP contribution in [-0.2, 0) is 9.53 Å². The van der Waals surface area contributed by atoms with Crippen molar-refractivity contribution in [3.8, 4) is 0 Å². The highest BCUT2D eigenvalue weighted by Crippen LogP contribution is 2.22. The lowest BCUT2D eigenvalue weighted by atomic mass is 10.1. The molecule has 0 radical (unpaired) electrons. The third-order valence-electron chi connectivity index (χ3n) is 4.03. The number of amides is 1. The average Bonchev–Trinajstić information content (AvgIpc) is 2.88. The quantitative estimate of drug-likeness (QED) is 0.740. The first-order chi connectivity index (χ1) is 8.72. The predicted octanol–water partition coefficient (Wildman–Crippen LogP) is -0.0362. The molecule has 3 atom stereocenters. The number of likely N-dealkylation sites (N-methyl/N-ethyl adjacent to an activating group) is 1. The van der Waals surface area contributed by atoms with E-state index in [0.717, 1.165) is 45.6 Å². The Hall–Kier alpha value is -0.650. The molecular weight excluding hydrogens is 230 g/mol. The molecule has 3 unspecified atom stereocenters. The van der Waals surface area contributed by atoms with E-state index < -0.39 is 0 Å². The Labute approximate surface area is 109 Å². The van der Waals surface area contributed by atoms with Gasteiger partial charge in [-0.3, -0.25) is 9.69 Å². The van der Waals surface area contributed by atoms with Gasteiger partial charge in [0.15, 0.2) is 0 Å². The highest BCUT2D eigenvalue weighted by molar-refractivity contribution is 5.81. The first-order valence-corrected chi connectivity index (χ1v) is 7.01. The van der Waals surface area contributed by atoms with Crippen LogP contribution in [-0.4, -0.2) is 62.3 Å². The van der Waals surface area contributed by atoms with Crippen LogP contribution >= 0.6 is 0 Å². The Morgan fingerprint density at radius 3 is 3.11 bits per heavy atom. The van der Waals surface area contributed by atoms with Gasteiger partial charge < -0.3 is 15.4 Å². The van der Waals surface area contributed by atoms with Crippen LogP contribution in [0.15, 0.2) is 0 Å². The normalized spacial score (nSPS) is 31.2. The molecule has 0 aromatic rings. The summed E-state index contributed by atoms with van der Waals surface area (Å²) in [6, 6.07) is 0.920. The number of carbonyl (C=O) groups is 1. The molecule has 1 amide bonds. The van der Waals surface area contributed by atoms with Gasteiger partial charge in [0, 0.05) is 25.7 Å². The van der Waals surface area contributed by atoms with Crippen molar-refractivity contribution in [1.82, 2.24) is 15.5 Å². The van der Waals surface area contributed by atoms with Gasteiger partial charge >= 0.3 is 0 Å². The number of hydrogen-bond acceptors (Lipinski definition) is 4. The van der Waals surface area contributed by atoms with E-state index in [9.17, 15) is 4.79 Å². The lowest BCUT2D eigenvalue weighted by Gasteiger charge is -2.33. The summed E-state index contributed by atoms with van der Waals surface area (Å²) < 4.78 is 5.48. The number of rotatable bonds is 4. The summed E-state index contributed by atoms with van der Waals surface area (Å²) in [7, 11) is 1.72. The van der Waals surface area contributed by atoms with Crippen LogP contribution in [0.5, 0.6) is 0 Å². The van der Waals surface area contributed by atoms with E-state index in [-0.39, 0.29) is 11.9 Å². The summed E-state index contributed by atoms with van der Waals surface area (Å²) in [4.78, 5) is 14.2. The molecule has 18 heavy (non-hydrogen) atoms. The highest BCUT2D eigenvalue weighted by Gasteiger charge is 2.34. The van der Waals surface area contributed by atoms with Gasteiger partial charge in [-0.1, -0.05) is 0 Å². The van der Waals surface area contributed by atoms with Crippen molar-refractivity contribution in [3.63, 3.8) is 0 Å². The van der Waals surface area contributed by atoms with Gasteiger partial charge in [0.25, 0.3) is 0 Å². The van der Waals surface area contributed by atoms with Crippen LogP contribution in [0.25, 0.3) is 0 Å². The number of morpholine rings is 1. The van der Waals surface area contributed by atoms with Gasteiger partial charge in [-0.15, -0.1) is 0 Å². The average molecular weight is 255 g/mol. The molecule has 2 N–H and O–H groups in total. The van der Waals surface area contributed by atoms with Crippen molar-refractivity contribution in [3.05, 3.63) is 0 Å². The third-order valence-corrected chi connectivity index (χ3v) is 4.03. The van der Waals surface area contributed by atoms with E-state index in [1.165, 1.54) is 0 Å². The zero-order valence-electron chi connectivity index (χ0n) is 11.4. The second kappa shape index (κ2) is 6.50. The number of nitrogens with zero attached hydrogens (tertiary/aromatic N) is 1. The zero-order chi connectivity index (χ0) is 13.0. The lowest BCUT2D eigenvalue weighted by Crippen LogP contribution is -2.50. The summed E-state index contributed by atoms with van der Waals surface area (Å²) >= 11 is 0. The molecular formula is C13H25N3O2. The number of carbonyl (C=O) groups excluding carboxylic acids is 1. The van der Waals surface area contributed by atoms with E-state index >= 15 is 0 Å². The molecule has 0 aliphatic carbocycles. The largest absolute Gasteiger partial charge is 0.379 e. The van der Waals surface area contributed by atoms with Crippen molar-refractivity contribution < 1.29 is 9.53 Å². The molecule has 0 bridgehead atoms. The molecule has 2 saturated heterocycles. The summed E-state index contributed by atoms with van der Waals surface area (Å²) in [6.45, 7) is 5.80. The number of hydrogen-bond donors (Lipinski definition) is 2. The minimum atomic E-state index is 0.0644. The van der Waals surface area contributed by atoms with Crippen molar-refractivity contribution in [2.24, 2.45) is 0 Å². The van der Waals surface area contributed by atoms with Crippen LogP contribution in [0.1, 0.15) is 26.2 Å². The van der Waals surface area contributed by atoms with E-state index in [0.29, 0.717) is 12.1 Å². The molecule has 2 heterocycles. The maximum Gasteiger partial charge on any atom is 0.237 e. The summed E-state index contributed by atoms with van der Waals surface area (Å²) in [5, 5.41) is 6.25. The second-order valence-corrected chi connectivity index (χ2v) is 5.32. The Bertz CT molecular complexity index is 279. The van der Waals surface area contributed by atoms with Crippen LogP contribution < -0.4 is 10.6 Å². The van der Waals surface area contributed by atoms with Crippen molar-refractivity contribution in [2.75, 3.05) is 33.4 Å². The fraction of sp³-hybridized carbons (Fsp3) is 0.923. The summed E-state index contributed by atoms with van der Waals surface area (Å²) in [5.41, 5.74) is 0. The maximum atomic E-state index is 11.8. The number of ether oxygens (including phenoxy) is 1. The van der Waals surface area contributed by atoms with Gasteiger partial charge in [0.05, 0.1) is 19.3 Å². The van der Waals surface area contributed by atoms with E-state index in [1.54, 1.807) is 7.05 Å². The maximum absolute atomic E-state index is 11.8. The lowest BCUT2D eigenvalue weighted by molar-refractivity contribution is -0.125. The molecule has 0 aromatic carbocycles. The standard InChI is InChI=1S/C13H25N3O2/c1-10(8-11-9-18-7-5-15-11)16-6-3-4-12(16)13(17)14-2/h10-12,15H,3-9H2,1-2H3,(H,14,17). The van der Waals surface area contributed by atoms with Crippen LogP contribution in [0.4, 0.5) is 0 Å². The van der Waals surface area contributed by atoms with Gasteiger partial charge in [0.2, 0.25) is 5.91 Å². The molecule has 0 aromatic heterocycles. The number of nitrogens with one attached hydrogen (secondary N) is 2. The van der Waals surface area contributed by atoms with Gasteiger partial charge in [0.1, 0.15) is 0 Å². The van der Waals surface area contributed by atoms with E-state index in [1.807, 2.05) is 0 Å². The summed E-state index contributed by atoms with van der Waals surface area (Å²) in [5.74, 6) is 0.159. The third kappa shape index (κ3) is 3.22. The SMILES string of the molecule is CNC(=O)C1CCCN1C(C)CC1COCCN1. The van der Waals surface area contributed by atoms with Gasteiger partial charge in [-0.25, -0.2) is 0 Å². The second-order valence-electron chi connectivity index (χ2n) is 5.32. The first-order valence-electron chi connectivity index (χ1n) is 7.01. The van der Waals surface area contributed by atoms with Crippen molar-refractivity contribution in [2.45, 2.75) is 44.3 Å². The zero-order valence-corrected chi connectivity index (χ0v) is 11.4. The van der Waals surface area contributed by atoms with Gasteiger partial charge in [-0.05, 0) is 32.7 Å². The van der Waals surface area contributed by atoms with Crippen LogP contribution in [0.2, 0.25) is 0 Å². The minimum absolute atomic E-state index is 0.0644. The molecule has 5 heteroatoms. The van der Waals surface area contributed by atoms with Crippen molar-refractivity contribution >= 4 is 5.91 Å². The molecule has 5 nitrogen and oxygen atoms in total. The molecule has 2 aliphatic rings. The Kier molecular flexibility index (Phi) is 4.97. The molecule has 0 spiro atoms. The Morgan fingerprint density at radius 1 is 1.61 bits per heavy atom. The smallest absolute Gasteiger partial charge is 0.237 e. The van der Waals surface area contributed by atoms with E-state index in [2.05, 4.69) is 22.5 Å². The molecule has 104 valence electrons. The predicted molar refractivity (Wildman–Crippen MR) is 70.5 cm³/mol. The topological polar surface area (TPSA) is 53.6 Å². The molecule has 2 rings (SSSR count). The minimum Gasteiger partial charge on any atom is -0.379 e. The van der Waals surface area contributed by atoms with E-state index in [4.69, 9.17) is 4.74 Å². The monoisotopic (exact) mass is 255 g/mol. The molecule has 2 aliphatic heterocycles. The highest BCUT2D eigenvalue weighted by atomic mass is 16.5. The summed E-state index contributed by atoms with van der Waals surface area (Å²) in [6.07, 6.45) is 3.16. The van der Waals surface area contributed by atoms with Crippen LogP contribution in [0.3, 0.4) is 0 Å². The molecule has 2 fully saturated rings. The Morgan fingerprint density at radius 2 is 2.44 bits per heavy atom.